The summed E-state index contributed by atoms with van der Waals surface area (Å²) in [7, 11) is 1.60. The molecule has 3 rings (SSSR count). The molecule has 19 heavy (non-hydrogen) atoms. The molecule has 2 aliphatic rings. The summed E-state index contributed by atoms with van der Waals surface area (Å²) in [5, 5.41) is 6.92. The van der Waals surface area contributed by atoms with E-state index in [0.29, 0.717) is 17.2 Å². The van der Waals surface area contributed by atoms with Crippen LogP contribution in [0.1, 0.15) is 35.2 Å². The standard InChI is InChI=1S/C13H16N2O3S/c1-14-11(17)9-8-3-2-6-18-13(8)19-12(9)15-10(16)7-4-5-7/h7H,2-6H2,1H3,(H,14,17)(H,15,16). The van der Waals surface area contributed by atoms with Crippen LogP contribution in [0, 0.1) is 5.92 Å². The van der Waals surface area contributed by atoms with E-state index in [1.165, 1.54) is 11.3 Å². The highest BCUT2D eigenvalue weighted by molar-refractivity contribution is 7.18. The molecule has 0 aromatic carbocycles. The second-order valence-corrected chi connectivity index (χ2v) is 5.85. The first-order chi connectivity index (χ1) is 9.20. The van der Waals surface area contributed by atoms with Crippen LogP contribution in [0.15, 0.2) is 0 Å². The first-order valence-electron chi connectivity index (χ1n) is 6.52. The van der Waals surface area contributed by atoms with Gasteiger partial charge in [0.1, 0.15) is 5.00 Å². The molecule has 1 saturated carbocycles. The van der Waals surface area contributed by atoms with Gasteiger partial charge < -0.3 is 15.4 Å². The van der Waals surface area contributed by atoms with E-state index in [0.717, 1.165) is 36.3 Å². The van der Waals surface area contributed by atoms with Crippen LogP contribution < -0.4 is 15.4 Å². The van der Waals surface area contributed by atoms with Crippen molar-refractivity contribution in [3.05, 3.63) is 11.1 Å². The van der Waals surface area contributed by atoms with Crippen molar-refractivity contribution >= 4 is 28.2 Å². The van der Waals surface area contributed by atoms with Crippen LogP contribution in [0.3, 0.4) is 0 Å². The van der Waals surface area contributed by atoms with Gasteiger partial charge in [-0.1, -0.05) is 11.3 Å². The Kier molecular flexibility index (Phi) is 3.18. The maximum atomic E-state index is 12.0. The summed E-state index contributed by atoms with van der Waals surface area (Å²) < 4.78 is 5.58. The summed E-state index contributed by atoms with van der Waals surface area (Å²) in [6, 6.07) is 0. The van der Waals surface area contributed by atoms with Gasteiger partial charge in [0, 0.05) is 18.5 Å². The molecule has 2 heterocycles. The van der Waals surface area contributed by atoms with Gasteiger partial charge in [0.25, 0.3) is 5.91 Å². The van der Waals surface area contributed by atoms with Crippen molar-refractivity contribution in [2.45, 2.75) is 25.7 Å². The summed E-state index contributed by atoms with van der Waals surface area (Å²) in [5.41, 5.74) is 1.51. The lowest BCUT2D eigenvalue weighted by molar-refractivity contribution is -0.117. The van der Waals surface area contributed by atoms with Crippen LogP contribution in [-0.2, 0) is 11.2 Å². The quantitative estimate of drug-likeness (QED) is 0.887. The van der Waals surface area contributed by atoms with Crippen molar-refractivity contribution in [1.82, 2.24) is 5.32 Å². The highest BCUT2D eigenvalue weighted by Crippen LogP contribution is 2.43. The number of anilines is 1. The van der Waals surface area contributed by atoms with E-state index in [-0.39, 0.29) is 17.7 Å². The number of carbonyl (C=O) groups excluding carboxylic acids is 2. The van der Waals surface area contributed by atoms with Gasteiger partial charge in [-0.2, -0.15) is 0 Å². The van der Waals surface area contributed by atoms with Crippen molar-refractivity contribution in [3.63, 3.8) is 0 Å². The first-order valence-corrected chi connectivity index (χ1v) is 7.33. The van der Waals surface area contributed by atoms with E-state index >= 15 is 0 Å². The molecule has 2 amide bonds. The molecule has 0 saturated heterocycles. The maximum Gasteiger partial charge on any atom is 0.254 e. The first kappa shape index (κ1) is 12.5. The van der Waals surface area contributed by atoms with Gasteiger partial charge in [-0.15, -0.1) is 0 Å². The molecule has 1 fully saturated rings. The molecule has 2 N–H and O–H groups in total. The fourth-order valence-electron chi connectivity index (χ4n) is 2.21. The fourth-order valence-corrected chi connectivity index (χ4v) is 3.34. The van der Waals surface area contributed by atoms with Crippen molar-refractivity contribution in [2.24, 2.45) is 5.92 Å². The molecule has 0 unspecified atom stereocenters. The normalized spacial score (nSPS) is 17.3. The zero-order chi connectivity index (χ0) is 13.4. The molecular formula is C13H16N2O3S. The number of thiophene rings is 1. The molecule has 6 heteroatoms. The second-order valence-electron chi connectivity index (χ2n) is 4.87. The van der Waals surface area contributed by atoms with Crippen molar-refractivity contribution in [3.8, 4) is 5.06 Å². The smallest absolute Gasteiger partial charge is 0.254 e. The van der Waals surface area contributed by atoms with E-state index in [9.17, 15) is 9.59 Å². The Morgan fingerprint density at radius 3 is 2.84 bits per heavy atom. The Hall–Kier alpha value is -1.56. The lowest BCUT2D eigenvalue weighted by Gasteiger charge is -2.13. The van der Waals surface area contributed by atoms with Gasteiger partial charge >= 0.3 is 0 Å². The molecule has 1 aromatic heterocycles. The molecule has 0 bridgehead atoms. The molecule has 0 spiro atoms. The van der Waals surface area contributed by atoms with Gasteiger partial charge in [-0.25, -0.2) is 0 Å². The van der Waals surface area contributed by atoms with E-state index < -0.39 is 0 Å². The molecule has 102 valence electrons. The Bertz CT molecular complexity index is 534. The summed E-state index contributed by atoms with van der Waals surface area (Å²) in [6.45, 7) is 0.677. The number of hydrogen-bond donors (Lipinski definition) is 2. The summed E-state index contributed by atoms with van der Waals surface area (Å²) in [5.74, 6) is -0.0181. The van der Waals surface area contributed by atoms with Gasteiger partial charge in [0.15, 0.2) is 5.06 Å². The minimum Gasteiger partial charge on any atom is -0.484 e. The van der Waals surface area contributed by atoms with Crippen LogP contribution in [-0.4, -0.2) is 25.5 Å². The third-order valence-corrected chi connectivity index (χ3v) is 4.47. The number of hydrogen-bond acceptors (Lipinski definition) is 4. The lowest BCUT2D eigenvalue weighted by atomic mass is 10.1. The Labute approximate surface area is 115 Å². The second kappa shape index (κ2) is 4.85. The zero-order valence-electron chi connectivity index (χ0n) is 10.7. The van der Waals surface area contributed by atoms with Crippen LogP contribution in [0.2, 0.25) is 0 Å². The van der Waals surface area contributed by atoms with Crippen LogP contribution in [0.5, 0.6) is 5.06 Å². The minimum atomic E-state index is -0.158. The van der Waals surface area contributed by atoms with Crippen molar-refractivity contribution in [1.29, 1.82) is 0 Å². The average Bonchev–Trinajstić information content (AvgIpc) is 3.20. The third-order valence-electron chi connectivity index (χ3n) is 3.41. The predicted molar refractivity (Wildman–Crippen MR) is 72.9 cm³/mol. The fraction of sp³-hybridized carbons (Fsp3) is 0.538. The molecule has 1 aliphatic carbocycles. The zero-order valence-corrected chi connectivity index (χ0v) is 11.6. The topological polar surface area (TPSA) is 67.4 Å². The predicted octanol–water partition coefficient (Wildman–Crippen LogP) is 1.78. The van der Waals surface area contributed by atoms with Crippen LogP contribution in [0.4, 0.5) is 5.00 Å². The lowest BCUT2D eigenvalue weighted by Crippen LogP contribution is -2.22. The van der Waals surface area contributed by atoms with Crippen LogP contribution >= 0.6 is 11.3 Å². The monoisotopic (exact) mass is 280 g/mol. The summed E-state index contributed by atoms with van der Waals surface area (Å²) >= 11 is 1.36. The Morgan fingerprint density at radius 1 is 1.37 bits per heavy atom. The SMILES string of the molecule is CNC(=O)c1c(NC(=O)C2CC2)sc2c1CCCO2. The Balaban J connectivity index is 1.94. The number of ether oxygens (including phenoxy) is 1. The van der Waals surface area contributed by atoms with Gasteiger partial charge in [0.2, 0.25) is 5.91 Å². The molecule has 1 aliphatic heterocycles. The maximum absolute atomic E-state index is 12.0. The summed E-state index contributed by atoms with van der Waals surface area (Å²) in [6.07, 6.45) is 3.63. The van der Waals surface area contributed by atoms with E-state index in [4.69, 9.17) is 4.74 Å². The minimum absolute atomic E-state index is 0.0174. The molecule has 0 radical (unpaired) electrons. The van der Waals surface area contributed by atoms with E-state index in [2.05, 4.69) is 10.6 Å². The van der Waals surface area contributed by atoms with E-state index in [1.807, 2.05) is 0 Å². The van der Waals surface area contributed by atoms with Gasteiger partial charge in [-0.3, -0.25) is 9.59 Å². The molecule has 1 aromatic rings. The summed E-state index contributed by atoms with van der Waals surface area (Å²) in [4.78, 5) is 23.9. The number of nitrogens with one attached hydrogen (secondary N) is 2. The van der Waals surface area contributed by atoms with Crippen molar-refractivity contribution < 1.29 is 14.3 Å². The van der Waals surface area contributed by atoms with Crippen molar-refractivity contribution in [2.75, 3.05) is 19.0 Å². The van der Waals surface area contributed by atoms with Crippen LogP contribution in [0.25, 0.3) is 0 Å². The average molecular weight is 280 g/mol. The van der Waals surface area contributed by atoms with E-state index in [1.54, 1.807) is 7.05 Å². The number of carbonyl (C=O) groups is 2. The third kappa shape index (κ3) is 2.32. The highest BCUT2D eigenvalue weighted by atomic mass is 32.1. The van der Waals surface area contributed by atoms with Gasteiger partial charge in [-0.05, 0) is 25.7 Å². The molecular weight excluding hydrogens is 264 g/mol. The Morgan fingerprint density at radius 2 is 2.16 bits per heavy atom. The molecule has 0 atom stereocenters. The highest BCUT2D eigenvalue weighted by Gasteiger charge is 2.32. The number of amides is 2. The van der Waals surface area contributed by atoms with Gasteiger partial charge in [0.05, 0.1) is 12.2 Å². The largest absolute Gasteiger partial charge is 0.484 e. The number of rotatable bonds is 3. The number of fused-ring (bicyclic) bond motifs is 1. The molecule has 5 nitrogen and oxygen atoms in total.